The van der Waals surface area contributed by atoms with E-state index in [1.54, 1.807) is 0 Å². The lowest BCUT2D eigenvalue weighted by molar-refractivity contribution is -0.153. The first-order chi connectivity index (χ1) is 16.4. The summed E-state index contributed by atoms with van der Waals surface area (Å²) in [6, 6.07) is -2.66. The van der Waals surface area contributed by atoms with Crippen molar-refractivity contribution < 1.29 is 37.3 Å². The molecule has 1 aromatic heterocycles. The summed E-state index contributed by atoms with van der Waals surface area (Å²) in [5.41, 5.74) is 9.16. The number of aliphatic carboxylic acids is 1. The number of β-lactam (4-membered cyclic amide) rings is 1. The highest BCUT2D eigenvalue weighted by Gasteiger charge is 2.56. The van der Waals surface area contributed by atoms with Crippen molar-refractivity contribution in [3.05, 3.63) is 23.0 Å². The summed E-state index contributed by atoms with van der Waals surface area (Å²) in [5, 5.41) is 27.1. The van der Waals surface area contributed by atoms with Crippen LogP contribution in [0.15, 0.2) is 22.5 Å². The fourth-order valence-electron chi connectivity index (χ4n) is 3.35. The molecule has 2 fully saturated rings. The molecule has 0 bridgehead atoms. The molecule has 4 rings (SSSR count). The van der Waals surface area contributed by atoms with Gasteiger partial charge < -0.3 is 32.0 Å². The minimum absolute atomic E-state index is 0.0612. The first-order valence-electron chi connectivity index (χ1n) is 10.0. The summed E-state index contributed by atoms with van der Waals surface area (Å²) in [6.07, 6.45) is 1.80. The third-order valence-electron chi connectivity index (χ3n) is 5.38. The molecule has 2 aliphatic heterocycles. The van der Waals surface area contributed by atoms with Gasteiger partial charge in [-0.15, -0.1) is 5.10 Å². The van der Waals surface area contributed by atoms with Gasteiger partial charge in [0.25, 0.3) is 11.8 Å². The zero-order valence-corrected chi connectivity index (χ0v) is 19.4. The second kappa shape index (κ2) is 9.07. The maximum Gasteiger partial charge on any atom is 0.362 e. The van der Waals surface area contributed by atoms with Gasteiger partial charge in [0, 0.05) is 31.0 Å². The highest BCUT2D eigenvalue weighted by Crippen LogP contribution is 2.40. The van der Waals surface area contributed by atoms with Crippen molar-refractivity contribution in [2.45, 2.75) is 49.1 Å². The molecule has 3 heterocycles. The van der Waals surface area contributed by atoms with Crippen molar-refractivity contribution in [2.75, 3.05) is 0 Å². The fraction of sp³-hybridized carbons (Fsp3) is 0.500. The zero-order chi connectivity index (χ0) is 25.5. The predicted molar refractivity (Wildman–Crippen MR) is 117 cm³/mol. The van der Waals surface area contributed by atoms with Crippen molar-refractivity contribution in [2.24, 2.45) is 16.6 Å². The average Bonchev–Trinajstić information content (AvgIpc) is 3.23. The second-order valence-electron chi connectivity index (χ2n) is 7.83. The van der Waals surface area contributed by atoms with Crippen LogP contribution in [0.4, 0.5) is 0 Å². The minimum Gasteiger partial charge on any atom is -0.478 e. The van der Waals surface area contributed by atoms with Crippen LogP contribution in [-0.2, 0) is 42.6 Å². The molecule has 17 nitrogen and oxygen atoms in total. The van der Waals surface area contributed by atoms with E-state index in [0.29, 0.717) is 5.69 Å². The molecule has 0 spiro atoms. The molecule has 1 aliphatic carbocycles. The summed E-state index contributed by atoms with van der Waals surface area (Å²) in [5.74, 6) is -3.32. The maximum atomic E-state index is 13.1. The Labute approximate surface area is 201 Å². The van der Waals surface area contributed by atoms with Crippen molar-refractivity contribution in [3.8, 4) is 0 Å². The number of nitrogens with one attached hydrogen (secondary N) is 2. The first kappa shape index (κ1) is 24.9. The van der Waals surface area contributed by atoms with Crippen LogP contribution < -0.4 is 22.1 Å². The van der Waals surface area contributed by atoms with Gasteiger partial charge in [0.2, 0.25) is 5.60 Å². The van der Waals surface area contributed by atoms with Crippen LogP contribution in [0, 0.1) is 0 Å². The van der Waals surface area contributed by atoms with Gasteiger partial charge in [-0.05, 0) is 0 Å². The Morgan fingerprint density at radius 2 is 2.14 bits per heavy atom. The number of aromatic nitrogens is 3. The molecule has 3 aliphatic rings. The molecule has 0 radical (unpaired) electrons. The van der Waals surface area contributed by atoms with Gasteiger partial charge in [0.1, 0.15) is 11.5 Å². The minimum atomic E-state index is -4.94. The number of hydrogen-bond acceptors (Lipinski definition) is 13. The van der Waals surface area contributed by atoms with Crippen LogP contribution >= 0.6 is 11.8 Å². The van der Waals surface area contributed by atoms with E-state index in [-0.39, 0.29) is 35.9 Å². The number of nitrogens with zero attached hydrogens (tertiary/aromatic N) is 5. The molecule has 19 heteroatoms. The predicted octanol–water partition coefficient (Wildman–Crippen LogP) is -3.35. The van der Waals surface area contributed by atoms with Gasteiger partial charge in [0.05, 0.1) is 24.0 Å². The molecule has 0 aromatic carbocycles. The van der Waals surface area contributed by atoms with Crippen molar-refractivity contribution in [1.82, 2.24) is 29.9 Å². The van der Waals surface area contributed by atoms with Crippen LogP contribution in [0.1, 0.15) is 18.5 Å². The summed E-state index contributed by atoms with van der Waals surface area (Å²) in [4.78, 5) is 42.1. The van der Waals surface area contributed by atoms with Crippen LogP contribution in [0.2, 0.25) is 0 Å². The van der Waals surface area contributed by atoms with E-state index in [4.69, 9.17) is 16.3 Å². The van der Waals surface area contributed by atoms with Gasteiger partial charge in [-0.25, -0.2) is 9.10 Å². The highest BCUT2D eigenvalue weighted by molar-refractivity contribution is 8.02. The van der Waals surface area contributed by atoms with Gasteiger partial charge in [0.15, 0.2) is 5.71 Å². The first-order valence-corrected chi connectivity index (χ1v) is 12.4. The SMILES string of the molecule is NCc1cn(CC2C(NC(=O)/C(=N\OC3(C(=O)O)CC3)C3=CSC(N)N3)C(=O)N2S(=O)(=O)O)nn1. The Balaban J connectivity index is 1.56. The van der Waals surface area contributed by atoms with Gasteiger partial charge >= 0.3 is 16.3 Å². The van der Waals surface area contributed by atoms with E-state index >= 15 is 0 Å². The number of carboxylic acids is 1. The Morgan fingerprint density at radius 3 is 2.66 bits per heavy atom. The van der Waals surface area contributed by atoms with Crippen LogP contribution in [0.5, 0.6) is 0 Å². The molecule has 1 aromatic rings. The molecule has 8 N–H and O–H groups in total. The summed E-state index contributed by atoms with van der Waals surface area (Å²) >= 11 is 1.11. The summed E-state index contributed by atoms with van der Waals surface area (Å²) in [6.45, 7) is -0.193. The van der Waals surface area contributed by atoms with Gasteiger partial charge in [-0.2, -0.15) is 8.42 Å². The summed E-state index contributed by atoms with van der Waals surface area (Å²) in [7, 11) is -4.94. The number of thioether (sulfide) groups is 1. The molecule has 1 saturated carbocycles. The molecule has 2 amide bonds. The number of amides is 2. The topological polar surface area (TPSA) is 257 Å². The average molecular weight is 532 g/mol. The van der Waals surface area contributed by atoms with Crippen LogP contribution in [0.3, 0.4) is 0 Å². The maximum absolute atomic E-state index is 13.1. The van der Waals surface area contributed by atoms with Crippen LogP contribution in [-0.4, -0.2) is 84.1 Å². The highest BCUT2D eigenvalue weighted by atomic mass is 32.2. The van der Waals surface area contributed by atoms with Crippen molar-refractivity contribution in [3.63, 3.8) is 0 Å². The van der Waals surface area contributed by atoms with E-state index < -0.39 is 57.0 Å². The lowest BCUT2D eigenvalue weighted by atomic mass is 9.98. The largest absolute Gasteiger partial charge is 0.478 e. The number of carbonyl (C=O) groups is 3. The smallest absolute Gasteiger partial charge is 0.362 e. The number of oxime groups is 1. The number of carbonyl (C=O) groups excluding carboxylic acids is 2. The third-order valence-corrected chi connectivity index (χ3v) is 7.11. The molecule has 1 saturated heterocycles. The number of rotatable bonds is 10. The lowest BCUT2D eigenvalue weighted by Crippen LogP contribution is -2.73. The summed E-state index contributed by atoms with van der Waals surface area (Å²) < 4.78 is 34.3. The van der Waals surface area contributed by atoms with E-state index in [1.807, 2.05) is 0 Å². The van der Waals surface area contributed by atoms with E-state index in [9.17, 15) is 32.5 Å². The second-order valence-corrected chi connectivity index (χ2v) is 10.1. The number of carboxylic acid groups (broad SMARTS) is 1. The van der Waals surface area contributed by atoms with E-state index in [0.717, 1.165) is 11.8 Å². The molecule has 3 unspecified atom stereocenters. The molecular weight excluding hydrogens is 510 g/mol. The van der Waals surface area contributed by atoms with Gasteiger partial charge in [-0.1, -0.05) is 22.1 Å². The molecule has 190 valence electrons. The Morgan fingerprint density at radius 1 is 1.43 bits per heavy atom. The quantitative estimate of drug-likeness (QED) is 0.0746. The monoisotopic (exact) mass is 531 g/mol. The zero-order valence-electron chi connectivity index (χ0n) is 17.8. The fourth-order valence-corrected chi connectivity index (χ4v) is 4.88. The lowest BCUT2D eigenvalue weighted by Gasteiger charge is -2.43. The van der Waals surface area contributed by atoms with Crippen LogP contribution in [0.25, 0.3) is 0 Å². The van der Waals surface area contributed by atoms with Crippen molar-refractivity contribution >= 4 is 45.6 Å². The normalized spacial score (nSPS) is 25.4. The van der Waals surface area contributed by atoms with Crippen molar-refractivity contribution in [1.29, 1.82) is 0 Å². The third kappa shape index (κ3) is 4.93. The van der Waals surface area contributed by atoms with E-state index in [1.165, 1.54) is 16.3 Å². The number of hydrogen-bond donors (Lipinski definition) is 6. The standard InChI is InChI=1S/C16H21N9O8S2/c17-3-7-4-24(23-21-7)5-9-11(13(27)25(9)35(30,31)32)20-12(26)10(8-6-34-15(18)19-8)22-33-16(1-2-16)14(28)29/h4,6,9,11,15,19H,1-3,5,17-18H2,(H,20,26)(H,28,29)(H,30,31,32)/b22-10-. The number of nitrogens with two attached hydrogens (primary N) is 2. The molecule has 35 heavy (non-hydrogen) atoms. The Kier molecular flexibility index (Phi) is 6.44. The van der Waals surface area contributed by atoms with E-state index in [2.05, 4.69) is 26.1 Å². The molecular formula is C16H21N9O8S2. The molecule has 3 atom stereocenters. The Hall–Kier alpha value is -3.26. The Bertz CT molecular complexity index is 1230. The van der Waals surface area contributed by atoms with Gasteiger partial charge in [-0.3, -0.25) is 18.8 Å².